The van der Waals surface area contributed by atoms with E-state index in [4.69, 9.17) is 21.2 Å². The minimum atomic E-state index is -0.530. The molecule has 1 aliphatic heterocycles. The Morgan fingerprint density at radius 2 is 1.56 bits per heavy atom. The zero-order valence-corrected chi connectivity index (χ0v) is 15.3. The van der Waals surface area contributed by atoms with Gasteiger partial charge in [-0.05, 0) is 42.5 Å². The highest BCUT2D eigenvalue weighted by atomic mass is 35.5. The van der Waals surface area contributed by atoms with E-state index in [0.717, 1.165) is 11.3 Å². The largest absolute Gasteiger partial charge is 0.496 e. The van der Waals surface area contributed by atoms with Gasteiger partial charge in [-0.3, -0.25) is 0 Å². The normalized spacial score (nSPS) is 16.4. The third-order valence-corrected chi connectivity index (χ3v) is 4.62. The van der Waals surface area contributed by atoms with E-state index in [2.05, 4.69) is 0 Å². The van der Waals surface area contributed by atoms with Crippen molar-refractivity contribution in [1.82, 2.24) is 0 Å². The molecule has 0 N–H and O–H groups in total. The number of hydroxylamine groups is 1. The van der Waals surface area contributed by atoms with Crippen LogP contribution in [0.1, 0.15) is 11.7 Å². The summed E-state index contributed by atoms with van der Waals surface area (Å²) in [5.41, 5.74) is 2.25. The summed E-state index contributed by atoms with van der Waals surface area (Å²) in [6, 6.07) is 24.1. The highest BCUT2D eigenvalue weighted by Gasteiger charge is 2.44. The number of rotatable bonds is 4. The molecule has 1 amide bonds. The molecular weight excluding hydrogens is 364 g/mol. The van der Waals surface area contributed by atoms with Crippen molar-refractivity contribution in [3.05, 3.63) is 89.4 Å². The van der Waals surface area contributed by atoms with E-state index in [1.165, 1.54) is 0 Å². The number of halogens is 1. The van der Waals surface area contributed by atoms with Crippen molar-refractivity contribution in [2.24, 2.45) is 0 Å². The van der Waals surface area contributed by atoms with Gasteiger partial charge in [0.1, 0.15) is 5.75 Å². The van der Waals surface area contributed by atoms with Gasteiger partial charge < -0.3 is 9.57 Å². The van der Waals surface area contributed by atoms with E-state index in [-0.39, 0.29) is 0 Å². The fourth-order valence-electron chi connectivity index (χ4n) is 3.15. The van der Waals surface area contributed by atoms with Crippen molar-refractivity contribution in [2.75, 3.05) is 17.1 Å². The summed E-state index contributed by atoms with van der Waals surface area (Å²) >= 11 is 6.02. The minimum absolute atomic E-state index is 0.475. The molecule has 0 aliphatic carbocycles. The van der Waals surface area contributed by atoms with Crippen LogP contribution in [0.4, 0.5) is 16.2 Å². The molecule has 0 radical (unpaired) electrons. The van der Waals surface area contributed by atoms with Crippen LogP contribution < -0.4 is 14.7 Å². The Labute approximate surface area is 162 Å². The standard InChI is InChI=1S/C21H17ClN2O3/c1-26-19-10-6-5-9-18(19)20-23(16-13-11-15(22)12-14-16)21(25)27-24(20)17-7-3-2-4-8-17/h2-14,20H,1H3/t20-/m0/s1. The number of amides is 1. The molecule has 0 unspecified atom stereocenters. The first kappa shape index (κ1) is 17.2. The quantitative estimate of drug-likeness (QED) is 0.605. The third-order valence-electron chi connectivity index (χ3n) is 4.37. The SMILES string of the molecule is COc1ccccc1[C@@H]1N(c2ccccc2)OC(=O)N1c1ccc(Cl)cc1. The predicted molar refractivity (Wildman–Crippen MR) is 105 cm³/mol. The molecule has 27 heavy (non-hydrogen) atoms. The minimum Gasteiger partial charge on any atom is -0.496 e. The van der Waals surface area contributed by atoms with Crippen LogP contribution in [0.5, 0.6) is 5.75 Å². The molecule has 0 aromatic heterocycles. The number of nitrogens with zero attached hydrogens (tertiary/aromatic N) is 2. The average molecular weight is 381 g/mol. The number of hydrogen-bond donors (Lipinski definition) is 0. The number of hydrogen-bond acceptors (Lipinski definition) is 4. The maximum Gasteiger partial charge on any atom is 0.440 e. The number of methoxy groups -OCH3 is 1. The van der Waals surface area contributed by atoms with Crippen LogP contribution in [-0.4, -0.2) is 13.2 Å². The van der Waals surface area contributed by atoms with E-state index in [0.29, 0.717) is 16.5 Å². The van der Waals surface area contributed by atoms with Gasteiger partial charge in [-0.25, -0.2) is 9.69 Å². The number of benzene rings is 3. The number of carbonyl (C=O) groups excluding carboxylic acids is 1. The zero-order valence-electron chi connectivity index (χ0n) is 14.6. The second-order valence-electron chi connectivity index (χ2n) is 5.98. The Bertz CT molecular complexity index is 947. The highest BCUT2D eigenvalue weighted by molar-refractivity contribution is 6.30. The van der Waals surface area contributed by atoms with Crippen LogP contribution in [-0.2, 0) is 4.84 Å². The molecule has 136 valence electrons. The Morgan fingerprint density at radius 1 is 0.889 bits per heavy atom. The van der Waals surface area contributed by atoms with Crippen molar-refractivity contribution in [3.63, 3.8) is 0 Å². The van der Waals surface area contributed by atoms with Crippen molar-refractivity contribution in [2.45, 2.75) is 6.17 Å². The summed E-state index contributed by atoms with van der Waals surface area (Å²) in [7, 11) is 1.61. The zero-order chi connectivity index (χ0) is 18.8. The van der Waals surface area contributed by atoms with Gasteiger partial charge >= 0.3 is 6.09 Å². The lowest BCUT2D eigenvalue weighted by Crippen LogP contribution is -2.32. The number of carbonyl (C=O) groups is 1. The molecule has 3 aromatic carbocycles. The Kier molecular flexibility index (Phi) is 4.60. The van der Waals surface area contributed by atoms with E-state index in [9.17, 15) is 4.79 Å². The summed E-state index contributed by atoms with van der Waals surface area (Å²) in [4.78, 5) is 20.0. The predicted octanol–water partition coefficient (Wildman–Crippen LogP) is 5.43. The molecule has 0 spiro atoms. The fraction of sp³-hybridized carbons (Fsp3) is 0.0952. The van der Waals surface area contributed by atoms with Gasteiger partial charge in [-0.1, -0.05) is 48.0 Å². The van der Waals surface area contributed by atoms with Crippen LogP contribution in [0.3, 0.4) is 0 Å². The number of ether oxygens (including phenoxy) is 1. The van der Waals surface area contributed by atoms with Crippen molar-refractivity contribution >= 4 is 29.1 Å². The van der Waals surface area contributed by atoms with Gasteiger partial charge in [0.25, 0.3) is 0 Å². The van der Waals surface area contributed by atoms with E-state index >= 15 is 0 Å². The number of anilines is 2. The summed E-state index contributed by atoms with van der Waals surface area (Å²) in [5.74, 6) is 0.667. The first-order valence-electron chi connectivity index (χ1n) is 8.43. The fourth-order valence-corrected chi connectivity index (χ4v) is 3.27. The molecule has 0 bridgehead atoms. The second kappa shape index (κ2) is 7.21. The molecule has 0 saturated carbocycles. The second-order valence-corrected chi connectivity index (χ2v) is 6.42. The summed E-state index contributed by atoms with van der Waals surface area (Å²) in [5, 5.41) is 2.19. The van der Waals surface area contributed by atoms with Gasteiger partial charge in [-0.2, -0.15) is 5.06 Å². The Balaban J connectivity index is 1.86. The van der Waals surface area contributed by atoms with Gasteiger partial charge in [-0.15, -0.1) is 0 Å². The molecule has 1 atom stereocenters. The third kappa shape index (κ3) is 3.17. The van der Waals surface area contributed by atoms with Crippen LogP contribution in [0.25, 0.3) is 0 Å². The van der Waals surface area contributed by atoms with Crippen molar-refractivity contribution in [3.8, 4) is 5.75 Å². The van der Waals surface area contributed by atoms with Crippen LogP contribution in [0.2, 0.25) is 5.02 Å². The summed E-state index contributed by atoms with van der Waals surface area (Å²) in [6.07, 6.45) is -1.01. The molecule has 1 fully saturated rings. The lowest BCUT2D eigenvalue weighted by atomic mass is 10.1. The monoisotopic (exact) mass is 380 g/mol. The van der Waals surface area contributed by atoms with Gasteiger partial charge in [0.2, 0.25) is 0 Å². The lowest BCUT2D eigenvalue weighted by molar-refractivity contribution is 0.164. The Hall–Kier alpha value is -3.18. The first-order chi connectivity index (χ1) is 13.2. The molecule has 1 heterocycles. The topological polar surface area (TPSA) is 42.0 Å². The van der Waals surface area contributed by atoms with Gasteiger partial charge in [0.15, 0.2) is 6.17 Å². The molecule has 1 saturated heterocycles. The molecule has 1 aliphatic rings. The summed E-state index contributed by atoms with van der Waals surface area (Å²) in [6.45, 7) is 0. The highest BCUT2D eigenvalue weighted by Crippen LogP contribution is 2.42. The molecule has 5 nitrogen and oxygen atoms in total. The maximum absolute atomic E-state index is 12.8. The Morgan fingerprint density at radius 3 is 2.26 bits per heavy atom. The molecular formula is C21H17ClN2O3. The van der Waals surface area contributed by atoms with Crippen molar-refractivity contribution in [1.29, 1.82) is 0 Å². The maximum atomic E-state index is 12.8. The van der Waals surface area contributed by atoms with Crippen LogP contribution in [0, 0.1) is 0 Å². The van der Waals surface area contributed by atoms with E-state index in [1.54, 1.807) is 41.3 Å². The average Bonchev–Trinajstić information content (AvgIpc) is 3.06. The number of para-hydroxylation sites is 2. The summed E-state index contributed by atoms with van der Waals surface area (Å²) < 4.78 is 5.54. The van der Waals surface area contributed by atoms with Crippen LogP contribution in [0.15, 0.2) is 78.9 Å². The van der Waals surface area contributed by atoms with Crippen LogP contribution >= 0.6 is 11.6 Å². The molecule has 4 rings (SSSR count). The van der Waals surface area contributed by atoms with Gasteiger partial charge in [0.05, 0.1) is 12.8 Å². The lowest BCUT2D eigenvalue weighted by Gasteiger charge is -2.28. The smallest absolute Gasteiger partial charge is 0.440 e. The first-order valence-corrected chi connectivity index (χ1v) is 8.81. The van der Waals surface area contributed by atoms with E-state index < -0.39 is 12.3 Å². The van der Waals surface area contributed by atoms with Crippen molar-refractivity contribution < 1.29 is 14.4 Å². The van der Waals surface area contributed by atoms with E-state index in [1.807, 2.05) is 54.6 Å². The van der Waals surface area contributed by atoms with Gasteiger partial charge in [0, 0.05) is 16.3 Å². The molecule has 3 aromatic rings. The molecule has 6 heteroatoms.